The molecule has 28 heavy (non-hydrogen) atoms. The van der Waals surface area contributed by atoms with Crippen LogP contribution >= 0.6 is 0 Å². The first-order valence-electron chi connectivity index (χ1n) is 9.41. The van der Waals surface area contributed by atoms with Crippen LogP contribution in [0.4, 0.5) is 5.82 Å². The molecule has 1 aliphatic rings. The van der Waals surface area contributed by atoms with Gasteiger partial charge in [-0.2, -0.15) is 5.26 Å². The van der Waals surface area contributed by atoms with Crippen LogP contribution in [-0.4, -0.2) is 52.2 Å². The van der Waals surface area contributed by atoms with Gasteiger partial charge in [-0.3, -0.25) is 14.1 Å². The third-order valence-corrected chi connectivity index (χ3v) is 5.62. The molecule has 2 aromatic heterocycles. The molecule has 1 N–H and O–H groups in total. The topological polar surface area (TPSA) is 84.9 Å². The summed E-state index contributed by atoms with van der Waals surface area (Å²) in [6.07, 6.45) is 2.08. The van der Waals surface area contributed by atoms with Crippen molar-refractivity contribution in [1.29, 1.82) is 5.26 Å². The van der Waals surface area contributed by atoms with Gasteiger partial charge in [0, 0.05) is 12.1 Å². The SMILES string of the molecule is Cc1c(CC(=O)O)c(N2CCCC2N(C)C)n2c(nc3ccccc32)c1C#N. The lowest BCUT2D eigenvalue weighted by atomic mass is 10.0. The van der Waals surface area contributed by atoms with E-state index in [1.54, 1.807) is 0 Å². The zero-order valence-electron chi connectivity index (χ0n) is 16.3. The van der Waals surface area contributed by atoms with Crippen molar-refractivity contribution in [2.45, 2.75) is 32.4 Å². The lowest BCUT2D eigenvalue weighted by Gasteiger charge is -2.34. The van der Waals surface area contributed by atoms with E-state index in [0.717, 1.165) is 36.2 Å². The van der Waals surface area contributed by atoms with Gasteiger partial charge in [-0.25, -0.2) is 4.98 Å². The fourth-order valence-corrected chi connectivity index (χ4v) is 4.36. The van der Waals surface area contributed by atoms with Crippen molar-refractivity contribution >= 4 is 28.5 Å². The van der Waals surface area contributed by atoms with Crippen LogP contribution in [-0.2, 0) is 11.2 Å². The van der Waals surface area contributed by atoms with Gasteiger partial charge in [0.15, 0.2) is 5.65 Å². The number of nitrogens with zero attached hydrogens (tertiary/aromatic N) is 5. The second-order valence-corrected chi connectivity index (χ2v) is 7.52. The van der Waals surface area contributed by atoms with Gasteiger partial charge >= 0.3 is 5.97 Å². The number of carboxylic acids is 1. The van der Waals surface area contributed by atoms with E-state index in [0.29, 0.717) is 22.3 Å². The van der Waals surface area contributed by atoms with Crippen LogP contribution in [0.1, 0.15) is 29.5 Å². The number of carbonyl (C=O) groups is 1. The molecule has 0 radical (unpaired) electrons. The van der Waals surface area contributed by atoms with Gasteiger partial charge in [-0.15, -0.1) is 0 Å². The van der Waals surface area contributed by atoms with Crippen LogP contribution in [0.15, 0.2) is 24.3 Å². The molecule has 1 aromatic carbocycles. The molecule has 0 amide bonds. The zero-order chi connectivity index (χ0) is 20.0. The molecule has 0 saturated carbocycles. The first-order valence-corrected chi connectivity index (χ1v) is 9.41. The normalized spacial score (nSPS) is 17.0. The molecule has 3 aromatic rings. The summed E-state index contributed by atoms with van der Waals surface area (Å²) in [7, 11) is 4.08. The first-order chi connectivity index (χ1) is 13.4. The Morgan fingerprint density at radius 3 is 2.82 bits per heavy atom. The Kier molecular flexibility index (Phi) is 4.44. The number of hydrogen-bond acceptors (Lipinski definition) is 5. The quantitative estimate of drug-likeness (QED) is 0.753. The third-order valence-electron chi connectivity index (χ3n) is 5.62. The summed E-state index contributed by atoms with van der Waals surface area (Å²) in [6, 6.07) is 10.0. The molecule has 1 fully saturated rings. The number of imidazole rings is 1. The Hall–Kier alpha value is -3.11. The van der Waals surface area contributed by atoms with Gasteiger partial charge in [0.2, 0.25) is 0 Å². The van der Waals surface area contributed by atoms with Crippen molar-refractivity contribution in [3.8, 4) is 6.07 Å². The molecule has 0 aliphatic carbocycles. The molecular weight excluding hydrogens is 354 g/mol. The Morgan fingerprint density at radius 1 is 1.39 bits per heavy atom. The molecule has 1 saturated heterocycles. The van der Waals surface area contributed by atoms with Gasteiger partial charge in [0.05, 0.1) is 29.2 Å². The summed E-state index contributed by atoms with van der Waals surface area (Å²) in [4.78, 5) is 20.9. The molecule has 4 rings (SSSR count). The average molecular weight is 377 g/mol. The molecule has 1 atom stereocenters. The number of pyridine rings is 1. The van der Waals surface area contributed by atoms with E-state index in [-0.39, 0.29) is 12.6 Å². The minimum Gasteiger partial charge on any atom is -0.481 e. The fraction of sp³-hybridized carbons (Fsp3) is 0.381. The number of rotatable bonds is 4. The molecular formula is C21H23N5O2. The van der Waals surface area contributed by atoms with Crippen LogP contribution in [0.3, 0.4) is 0 Å². The van der Waals surface area contributed by atoms with Gasteiger partial charge < -0.3 is 10.0 Å². The number of anilines is 1. The highest BCUT2D eigenvalue weighted by atomic mass is 16.4. The summed E-state index contributed by atoms with van der Waals surface area (Å²) in [6.45, 7) is 2.67. The molecule has 0 spiro atoms. The van der Waals surface area contributed by atoms with E-state index in [1.807, 2.05) is 49.7 Å². The monoisotopic (exact) mass is 377 g/mol. The number of fused-ring (bicyclic) bond motifs is 3. The number of hydrogen-bond donors (Lipinski definition) is 1. The van der Waals surface area contributed by atoms with Gasteiger partial charge in [-0.1, -0.05) is 12.1 Å². The number of aromatic nitrogens is 2. The fourth-order valence-electron chi connectivity index (χ4n) is 4.36. The maximum atomic E-state index is 11.7. The van der Waals surface area contributed by atoms with Crippen LogP contribution in [0.25, 0.3) is 16.7 Å². The van der Waals surface area contributed by atoms with Crippen LogP contribution in [0.5, 0.6) is 0 Å². The summed E-state index contributed by atoms with van der Waals surface area (Å²) in [5, 5.41) is 19.4. The highest BCUT2D eigenvalue weighted by Gasteiger charge is 2.32. The van der Waals surface area contributed by atoms with E-state index in [2.05, 4.69) is 15.9 Å². The standard InChI is InChI=1S/C21H23N5O2/c1-13-14(11-19(27)28)21(25-10-6-9-18(25)24(2)3)26-17-8-5-4-7-16(17)23-20(26)15(13)12-22/h4-5,7-8,18H,6,9-11H2,1-3H3,(H,27,28). The first kappa shape index (κ1) is 18.3. The molecule has 1 aliphatic heterocycles. The van der Waals surface area contributed by atoms with Gasteiger partial charge in [-0.05, 0) is 51.6 Å². The Balaban J connectivity index is 2.16. The number of carboxylic acid groups (broad SMARTS) is 1. The van der Waals surface area contributed by atoms with E-state index < -0.39 is 5.97 Å². The summed E-state index contributed by atoms with van der Waals surface area (Å²) in [5.41, 5.74) is 4.11. The average Bonchev–Trinajstić information content (AvgIpc) is 3.27. The van der Waals surface area contributed by atoms with Gasteiger partial charge in [0.25, 0.3) is 0 Å². The predicted molar refractivity (Wildman–Crippen MR) is 108 cm³/mol. The van der Waals surface area contributed by atoms with Crippen molar-refractivity contribution < 1.29 is 9.90 Å². The van der Waals surface area contributed by atoms with Crippen molar-refractivity contribution in [1.82, 2.24) is 14.3 Å². The minimum atomic E-state index is -0.905. The van der Waals surface area contributed by atoms with E-state index in [9.17, 15) is 15.2 Å². The number of para-hydroxylation sites is 2. The number of aliphatic carboxylic acids is 1. The predicted octanol–water partition coefficient (Wildman–Crippen LogP) is 2.78. The molecule has 0 bridgehead atoms. The van der Waals surface area contributed by atoms with Crippen LogP contribution in [0.2, 0.25) is 0 Å². The van der Waals surface area contributed by atoms with Crippen molar-refractivity contribution in [3.63, 3.8) is 0 Å². The van der Waals surface area contributed by atoms with E-state index in [4.69, 9.17) is 4.98 Å². The molecule has 144 valence electrons. The van der Waals surface area contributed by atoms with Gasteiger partial charge in [0.1, 0.15) is 11.9 Å². The van der Waals surface area contributed by atoms with Crippen LogP contribution < -0.4 is 4.90 Å². The summed E-state index contributed by atoms with van der Waals surface area (Å²) in [5.74, 6) is -0.0589. The zero-order valence-corrected chi connectivity index (χ0v) is 16.3. The van der Waals surface area contributed by atoms with Crippen molar-refractivity contribution in [3.05, 3.63) is 41.0 Å². The van der Waals surface area contributed by atoms with Crippen LogP contribution in [0, 0.1) is 18.3 Å². The maximum absolute atomic E-state index is 11.7. The lowest BCUT2D eigenvalue weighted by Crippen LogP contribution is -2.42. The summed E-state index contributed by atoms with van der Waals surface area (Å²) >= 11 is 0. The third kappa shape index (κ3) is 2.69. The largest absolute Gasteiger partial charge is 0.481 e. The van der Waals surface area contributed by atoms with Crippen molar-refractivity contribution in [2.75, 3.05) is 25.5 Å². The number of nitriles is 1. The Bertz CT molecular complexity index is 1130. The smallest absolute Gasteiger partial charge is 0.307 e. The second kappa shape index (κ2) is 6.80. The summed E-state index contributed by atoms with van der Waals surface area (Å²) < 4.78 is 1.99. The molecule has 3 heterocycles. The second-order valence-electron chi connectivity index (χ2n) is 7.52. The molecule has 1 unspecified atom stereocenters. The lowest BCUT2D eigenvalue weighted by molar-refractivity contribution is -0.136. The highest BCUT2D eigenvalue weighted by Crippen LogP contribution is 2.37. The number of benzene rings is 1. The Morgan fingerprint density at radius 2 is 2.14 bits per heavy atom. The van der Waals surface area contributed by atoms with E-state index in [1.165, 1.54) is 0 Å². The maximum Gasteiger partial charge on any atom is 0.307 e. The Labute approximate surface area is 163 Å². The van der Waals surface area contributed by atoms with E-state index >= 15 is 0 Å². The van der Waals surface area contributed by atoms with Crippen molar-refractivity contribution in [2.24, 2.45) is 0 Å². The minimum absolute atomic E-state index is 0.130. The highest BCUT2D eigenvalue weighted by molar-refractivity contribution is 5.87. The molecule has 7 nitrogen and oxygen atoms in total. The molecule has 7 heteroatoms.